The predicted octanol–water partition coefficient (Wildman–Crippen LogP) is 5.52. The highest BCUT2D eigenvalue weighted by atomic mass is 79.9. The molecule has 0 bridgehead atoms. The van der Waals surface area contributed by atoms with Gasteiger partial charge < -0.3 is 14.6 Å². The summed E-state index contributed by atoms with van der Waals surface area (Å²) in [6.45, 7) is 0.129. The Morgan fingerprint density at radius 2 is 1.60 bits per heavy atom. The summed E-state index contributed by atoms with van der Waals surface area (Å²) in [5, 5.41) is 12.0. The standard InChI is InChI=1S/C23H18BrNO5/c1-29-19-11-10-17(22(26)27)21(20(19)24)25-23(28)30-12-18-15-8-4-2-6-13(15)14-7-3-5-9-16(14)18/h2-11,18H,12H2,1H3,(H,25,28)(H,26,27). The van der Waals surface area contributed by atoms with Crippen molar-refractivity contribution in [1.82, 2.24) is 0 Å². The van der Waals surface area contributed by atoms with Crippen LogP contribution in [0.4, 0.5) is 10.5 Å². The number of halogens is 1. The molecule has 0 aromatic heterocycles. The lowest BCUT2D eigenvalue weighted by Crippen LogP contribution is -2.19. The van der Waals surface area contributed by atoms with Crippen LogP contribution >= 0.6 is 15.9 Å². The number of benzene rings is 3. The van der Waals surface area contributed by atoms with Crippen molar-refractivity contribution in [3.63, 3.8) is 0 Å². The molecular formula is C23H18BrNO5. The van der Waals surface area contributed by atoms with Crippen LogP contribution in [0.5, 0.6) is 5.75 Å². The van der Waals surface area contributed by atoms with Gasteiger partial charge >= 0.3 is 12.1 Å². The number of anilines is 1. The van der Waals surface area contributed by atoms with Crippen molar-refractivity contribution in [1.29, 1.82) is 0 Å². The van der Waals surface area contributed by atoms with E-state index in [4.69, 9.17) is 9.47 Å². The van der Waals surface area contributed by atoms with Gasteiger partial charge in [0, 0.05) is 5.92 Å². The second-order valence-electron chi connectivity index (χ2n) is 6.76. The number of carboxylic acids is 1. The molecule has 0 spiro atoms. The topological polar surface area (TPSA) is 84.9 Å². The average molecular weight is 468 g/mol. The molecule has 0 aliphatic heterocycles. The predicted molar refractivity (Wildman–Crippen MR) is 116 cm³/mol. The van der Waals surface area contributed by atoms with Gasteiger partial charge in [0.15, 0.2) is 0 Å². The van der Waals surface area contributed by atoms with Gasteiger partial charge in [-0.2, -0.15) is 0 Å². The number of carbonyl (C=O) groups excluding carboxylic acids is 1. The molecule has 1 amide bonds. The van der Waals surface area contributed by atoms with Crippen molar-refractivity contribution in [2.24, 2.45) is 0 Å². The Hall–Kier alpha value is -3.32. The monoisotopic (exact) mass is 467 g/mol. The lowest BCUT2D eigenvalue weighted by molar-refractivity contribution is 0.0698. The Labute approximate surface area is 181 Å². The smallest absolute Gasteiger partial charge is 0.411 e. The van der Waals surface area contributed by atoms with Crippen molar-refractivity contribution in [2.45, 2.75) is 5.92 Å². The van der Waals surface area contributed by atoms with Gasteiger partial charge in [0.05, 0.1) is 22.8 Å². The van der Waals surface area contributed by atoms with E-state index in [2.05, 4.69) is 33.4 Å². The molecule has 0 heterocycles. The average Bonchev–Trinajstić information content (AvgIpc) is 3.07. The third kappa shape index (κ3) is 3.52. The minimum atomic E-state index is -1.17. The zero-order valence-corrected chi connectivity index (χ0v) is 17.6. The summed E-state index contributed by atoms with van der Waals surface area (Å²) in [4.78, 5) is 24.1. The van der Waals surface area contributed by atoms with E-state index < -0.39 is 12.1 Å². The minimum Gasteiger partial charge on any atom is -0.495 e. The summed E-state index contributed by atoms with van der Waals surface area (Å²) >= 11 is 3.29. The number of aromatic carboxylic acids is 1. The van der Waals surface area contributed by atoms with Crippen LogP contribution in [0.25, 0.3) is 11.1 Å². The highest BCUT2D eigenvalue weighted by Crippen LogP contribution is 2.44. The van der Waals surface area contributed by atoms with Crippen LogP contribution in [0.2, 0.25) is 0 Å². The van der Waals surface area contributed by atoms with Gasteiger partial charge in [-0.1, -0.05) is 48.5 Å². The Balaban J connectivity index is 1.55. The van der Waals surface area contributed by atoms with Crippen molar-refractivity contribution < 1.29 is 24.2 Å². The van der Waals surface area contributed by atoms with Gasteiger partial charge in [-0.25, -0.2) is 9.59 Å². The third-order valence-corrected chi connectivity index (χ3v) is 5.91. The highest BCUT2D eigenvalue weighted by molar-refractivity contribution is 9.10. The molecule has 1 aliphatic rings. The second-order valence-corrected chi connectivity index (χ2v) is 7.55. The molecule has 0 radical (unpaired) electrons. The van der Waals surface area contributed by atoms with E-state index in [9.17, 15) is 14.7 Å². The van der Waals surface area contributed by atoms with Crippen LogP contribution in [-0.4, -0.2) is 30.9 Å². The number of rotatable bonds is 5. The van der Waals surface area contributed by atoms with E-state index in [0.29, 0.717) is 10.2 Å². The molecule has 2 N–H and O–H groups in total. The Bertz CT molecular complexity index is 1100. The van der Waals surface area contributed by atoms with E-state index in [1.165, 1.54) is 19.2 Å². The summed E-state index contributed by atoms with van der Waals surface area (Å²) in [7, 11) is 1.46. The fourth-order valence-corrected chi connectivity index (χ4v) is 4.36. The van der Waals surface area contributed by atoms with Crippen molar-refractivity contribution in [3.05, 3.63) is 81.8 Å². The molecule has 0 unspecified atom stereocenters. The molecule has 0 atom stereocenters. The molecule has 7 heteroatoms. The number of hydrogen-bond acceptors (Lipinski definition) is 4. The molecule has 3 aromatic rings. The molecule has 152 valence electrons. The molecule has 0 saturated carbocycles. The van der Waals surface area contributed by atoms with E-state index in [0.717, 1.165) is 22.3 Å². The number of carboxylic acid groups (broad SMARTS) is 1. The summed E-state index contributed by atoms with van der Waals surface area (Å²) < 4.78 is 11.0. The number of nitrogens with one attached hydrogen (secondary N) is 1. The van der Waals surface area contributed by atoms with Crippen LogP contribution in [0.15, 0.2) is 65.1 Å². The Morgan fingerprint density at radius 1 is 1.00 bits per heavy atom. The van der Waals surface area contributed by atoms with Crippen LogP contribution in [0.3, 0.4) is 0 Å². The van der Waals surface area contributed by atoms with Crippen molar-refractivity contribution >= 4 is 33.7 Å². The second kappa shape index (κ2) is 8.20. The van der Waals surface area contributed by atoms with Gasteiger partial charge in [-0.05, 0) is 50.3 Å². The number of amides is 1. The van der Waals surface area contributed by atoms with Gasteiger partial charge in [-0.15, -0.1) is 0 Å². The first-order chi connectivity index (χ1) is 14.5. The number of carbonyl (C=O) groups is 2. The number of methoxy groups -OCH3 is 1. The largest absolute Gasteiger partial charge is 0.495 e. The Morgan fingerprint density at radius 3 is 2.17 bits per heavy atom. The fraction of sp³-hybridized carbons (Fsp3) is 0.130. The lowest BCUT2D eigenvalue weighted by Gasteiger charge is -2.16. The summed E-state index contributed by atoms with van der Waals surface area (Å²) in [5.74, 6) is -0.864. The van der Waals surface area contributed by atoms with Crippen LogP contribution < -0.4 is 10.1 Å². The number of fused-ring (bicyclic) bond motifs is 3. The van der Waals surface area contributed by atoms with E-state index in [1.54, 1.807) is 0 Å². The number of hydrogen-bond donors (Lipinski definition) is 2. The van der Waals surface area contributed by atoms with Crippen LogP contribution in [0.1, 0.15) is 27.4 Å². The first-order valence-electron chi connectivity index (χ1n) is 9.23. The van der Waals surface area contributed by atoms with E-state index in [-0.39, 0.29) is 23.8 Å². The van der Waals surface area contributed by atoms with Crippen molar-refractivity contribution in [3.8, 4) is 16.9 Å². The molecule has 30 heavy (non-hydrogen) atoms. The van der Waals surface area contributed by atoms with Crippen molar-refractivity contribution in [2.75, 3.05) is 19.0 Å². The highest BCUT2D eigenvalue weighted by Gasteiger charge is 2.29. The molecule has 1 aliphatic carbocycles. The zero-order chi connectivity index (χ0) is 21.3. The maximum atomic E-state index is 12.5. The summed E-state index contributed by atoms with van der Waals surface area (Å²) in [6.07, 6.45) is -0.742. The summed E-state index contributed by atoms with van der Waals surface area (Å²) in [5.41, 5.74) is 4.47. The van der Waals surface area contributed by atoms with Gasteiger partial charge in [0.1, 0.15) is 12.4 Å². The lowest BCUT2D eigenvalue weighted by atomic mass is 9.98. The third-order valence-electron chi connectivity index (χ3n) is 5.13. The van der Waals surface area contributed by atoms with E-state index in [1.807, 2.05) is 36.4 Å². The molecular weight excluding hydrogens is 450 g/mol. The molecule has 3 aromatic carbocycles. The zero-order valence-electron chi connectivity index (χ0n) is 16.0. The number of ether oxygens (including phenoxy) is 2. The molecule has 0 fully saturated rings. The summed E-state index contributed by atoms with van der Waals surface area (Å²) in [6, 6.07) is 18.9. The Kier molecular flexibility index (Phi) is 5.46. The van der Waals surface area contributed by atoms with Gasteiger partial charge in [0.2, 0.25) is 0 Å². The fourth-order valence-electron chi connectivity index (χ4n) is 3.75. The molecule has 0 saturated heterocycles. The van der Waals surface area contributed by atoms with Gasteiger partial charge in [-0.3, -0.25) is 5.32 Å². The minimum absolute atomic E-state index is 0.0730. The normalized spacial score (nSPS) is 12.1. The first kappa shape index (κ1) is 20.0. The van der Waals surface area contributed by atoms with Crippen LogP contribution in [0, 0.1) is 0 Å². The molecule has 4 rings (SSSR count). The van der Waals surface area contributed by atoms with Crippen LogP contribution in [-0.2, 0) is 4.74 Å². The SMILES string of the molecule is COc1ccc(C(=O)O)c(NC(=O)OCC2c3ccccc3-c3ccccc32)c1Br. The maximum absolute atomic E-state index is 12.5. The van der Waals surface area contributed by atoms with E-state index >= 15 is 0 Å². The quantitative estimate of drug-likeness (QED) is 0.516. The first-order valence-corrected chi connectivity index (χ1v) is 10.0. The van der Waals surface area contributed by atoms with Gasteiger partial charge in [0.25, 0.3) is 0 Å². The molecule has 6 nitrogen and oxygen atoms in total. The maximum Gasteiger partial charge on any atom is 0.411 e.